The van der Waals surface area contributed by atoms with Crippen LogP contribution in [0.25, 0.3) is 0 Å². The molecular formula is C28H28ClF6N7O7S. The number of aliphatic carboxylic acids is 2. The maximum absolute atomic E-state index is 12.9. The lowest BCUT2D eigenvalue weighted by Crippen LogP contribution is -2.28. The highest BCUT2D eigenvalue weighted by atomic mass is 35.5. The molecule has 6 bridgehead atoms. The molecule has 0 saturated carbocycles. The van der Waals surface area contributed by atoms with E-state index in [0.29, 0.717) is 49.1 Å². The number of nitrogens with one attached hydrogen (secondary N) is 3. The van der Waals surface area contributed by atoms with Crippen molar-refractivity contribution in [3.8, 4) is 0 Å². The fourth-order valence-electron chi connectivity index (χ4n) is 4.48. The van der Waals surface area contributed by atoms with Crippen LogP contribution in [0.1, 0.15) is 24.0 Å². The van der Waals surface area contributed by atoms with E-state index in [0.717, 1.165) is 28.2 Å². The van der Waals surface area contributed by atoms with Gasteiger partial charge in [-0.05, 0) is 60.6 Å². The number of rotatable bonds is 4. The van der Waals surface area contributed by atoms with Crippen LogP contribution in [0.15, 0.2) is 42.9 Å². The largest absolute Gasteiger partial charge is 0.490 e. The Balaban J connectivity index is 0.000000408. The van der Waals surface area contributed by atoms with E-state index >= 15 is 0 Å². The van der Waals surface area contributed by atoms with Gasteiger partial charge >= 0.3 is 24.3 Å². The van der Waals surface area contributed by atoms with Gasteiger partial charge in [0.15, 0.2) is 5.82 Å². The molecule has 0 radical (unpaired) electrons. The molecule has 0 unspecified atom stereocenters. The normalized spacial score (nSPS) is 15.9. The monoisotopic (exact) mass is 755 g/mol. The van der Waals surface area contributed by atoms with Crippen molar-refractivity contribution in [2.24, 2.45) is 5.92 Å². The number of carboxylic acids is 2. The van der Waals surface area contributed by atoms with Crippen molar-refractivity contribution >= 4 is 68.3 Å². The quantitative estimate of drug-likeness (QED) is 0.224. The first-order valence-electron chi connectivity index (χ1n) is 14.1. The van der Waals surface area contributed by atoms with Crippen molar-refractivity contribution in [2.75, 3.05) is 35.3 Å². The first-order chi connectivity index (χ1) is 23.1. The van der Waals surface area contributed by atoms with Gasteiger partial charge in [-0.1, -0.05) is 11.6 Å². The Kier molecular flexibility index (Phi) is 12.9. The number of nitrogens with zero attached hydrogens (tertiary/aromatic N) is 4. The van der Waals surface area contributed by atoms with E-state index in [4.69, 9.17) is 31.4 Å². The molecule has 1 atom stereocenters. The van der Waals surface area contributed by atoms with Crippen LogP contribution in [0.2, 0.25) is 5.02 Å². The lowest BCUT2D eigenvalue weighted by Gasteiger charge is -2.16. The van der Waals surface area contributed by atoms with E-state index in [1.54, 1.807) is 6.20 Å². The van der Waals surface area contributed by atoms with E-state index in [-0.39, 0.29) is 18.2 Å². The van der Waals surface area contributed by atoms with E-state index < -0.39 is 34.3 Å². The van der Waals surface area contributed by atoms with Gasteiger partial charge in [0.05, 0.1) is 24.3 Å². The molecule has 2 aromatic heterocycles. The molecule has 5 rings (SSSR count). The second-order valence-electron chi connectivity index (χ2n) is 10.7. The predicted molar refractivity (Wildman–Crippen MR) is 167 cm³/mol. The van der Waals surface area contributed by atoms with Crippen LogP contribution >= 0.6 is 11.6 Å². The molecule has 272 valence electrons. The predicted octanol–water partition coefficient (Wildman–Crippen LogP) is 4.99. The second-order valence-corrected chi connectivity index (χ2v) is 13.1. The summed E-state index contributed by atoms with van der Waals surface area (Å²) in [5.41, 5.74) is 4.23. The zero-order valence-electron chi connectivity index (χ0n) is 25.6. The Morgan fingerprint density at radius 1 is 0.980 bits per heavy atom. The molecule has 4 heterocycles. The maximum Gasteiger partial charge on any atom is 0.490 e. The molecule has 1 aromatic carbocycles. The molecule has 50 heavy (non-hydrogen) atoms. The highest BCUT2D eigenvalue weighted by molar-refractivity contribution is 7.88. The minimum Gasteiger partial charge on any atom is -0.475 e. The summed E-state index contributed by atoms with van der Waals surface area (Å²) < 4.78 is 88.5. The molecule has 2 aliphatic heterocycles. The highest BCUT2D eigenvalue weighted by Crippen LogP contribution is 2.30. The van der Waals surface area contributed by atoms with E-state index in [9.17, 15) is 39.6 Å². The molecule has 3 aromatic rings. The third-order valence-electron chi connectivity index (χ3n) is 6.80. The number of carbonyl (C=O) groups is 3. The van der Waals surface area contributed by atoms with Crippen LogP contribution in [0.4, 0.5) is 55.2 Å². The number of halogens is 7. The number of hydrogen-bond acceptors (Lipinski definition) is 10. The fourth-order valence-corrected chi connectivity index (χ4v) is 5.54. The molecular weight excluding hydrogens is 728 g/mol. The minimum atomic E-state index is -5.08. The van der Waals surface area contributed by atoms with Crippen LogP contribution in [-0.2, 0) is 37.2 Å². The summed E-state index contributed by atoms with van der Waals surface area (Å²) in [5.74, 6) is -4.80. The number of carboxylic acid groups (broad SMARTS) is 2. The number of hydrogen-bond donors (Lipinski definition) is 5. The summed E-state index contributed by atoms with van der Waals surface area (Å²) in [7, 11) is -3.24. The van der Waals surface area contributed by atoms with E-state index in [2.05, 4.69) is 30.9 Å². The molecule has 5 N–H and O–H groups in total. The van der Waals surface area contributed by atoms with Crippen molar-refractivity contribution in [3.63, 3.8) is 0 Å². The second kappa shape index (κ2) is 16.3. The average Bonchev–Trinajstić information content (AvgIpc) is 3.47. The summed E-state index contributed by atoms with van der Waals surface area (Å²) in [6, 6.07) is 7.67. The van der Waals surface area contributed by atoms with Gasteiger partial charge in [0.25, 0.3) is 0 Å². The smallest absolute Gasteiger partial charge is 0.475 e. The van der Waals surface area contributed by atoms with E-state index in [1.165, 1.54) is 16.8 Å². The number of benzene rings is 1. The summed E-state index contributed by atoms with van der Waals surface area (Å²) in [6.07, 6.45) is -1.61. The van der Waals surface area contributed by atoms with Crippen LogP contribution in [0, 0.1) is 5.92 Å². The van der Waals surface area contributed by atoms with Crippen LogP contribution in [0.5, 0.6) is 0 Å². The molecule has 1 amide bonds. The van der Waals surface area contributed by atoms with Crippen LogP contribution in [0.3, 0.4) is 0 Å². The number of amides is 1. The highest BCUT2D eigenvalue weighted by Gasteiger charge is 2.39. The Bertz CT molecular complexity index is 1810. The van der Waals surface area contributed by atoms with Gasteiger partial charge in [0.2, 0.25) is 21.9 Å². The summed E-state index contributed by atoms with van der Waals surface area (Å²) in [5, 5.41) is 24.1. The minimum absolute atomic E-state index is 0.00106. The Morgan fingerprint density at radius 2 is 1.62 bits per heavy atom. The number of anilines is 5. The number of fused-ring (bicyclic) bond motifs is 6. The first kappa shape index (κ1) is 39.7. The van der Waals surface area contributed by atoms with Crippen LogP contribution < -0.4 is 16.0 Å². The third-order valence-corrected chi connectivity index (χ3v) is 8.34. The van der Waals surface area contributed by atoms with Crippen molar-refractivity contribution in [3.05, 3.63) is 59.0 Å². The average molecular weight is 756 g/mol. The molecule has 2 aliphatic rings. The standard InChI is InChI=1S/C24H26ClN7O3S.2C2HF3O2/c1-36(34,35)32-7-6-16(14-32)9-22(33)30-21-5-4-18-10-17(21)3-2-15-8-19(12-26-11-15)29-24-27-13-20(25)23(28-18)31-24;2*3-2(4,5)1(6)7/h4-5,8,10-13,16H,2-3,6-7,9,14H2,1H3,(H,30,33)(H2,27,28,29,31);2*(H,6,7)/t16-;;/m1../s1. The Labute approximate surface area is 284 Å². The Morgan fingerprint density at radius 3 is 2.20 bits per heavy atom. The van der Waals surface area contributed by atoms with Crippen molar-refractivity contribution < 1.29 is 59.4 Å². The number of aromatic nitrogens is 3. The lowest BCUT2D eigenvalue weighted by molar-refractivity contribution is -0.193. The number of sulfonamides is 1. The molecule has 1 fully saturated rings. The molecule has 22 heteroatoms. The maximum atomic E-state index is 12.9. The number of carbonyl (C=O) groups excluding carboxylic acids is 1. The van der Waals surface area contributed by atoms with Gasteiger partial charge in [0, 0.05) is 37.1 Å². The topological polar surface area (TPSA) is 204 Å². The number of aryl methyl sites for hydroxylation is 2. The molecule has 0 aliphatic carbocycles. The number of pyridine rings is 1. The van der Waals surface area contributed by atoms with Crippen molar-refractivity contribution in [2.45, 2.75) is 38.0 Å². The van der Waals surface area contributed by atoms with Gasteiger partial charge in [-0.2, -0.15) is 31.3 Å². The fraction of sp³-hybridized carbons (Fsp3) is 0.357. The summed E-state index contributed by atoms with van der Waals surface area (Å²) in [6.45, 7) is 0.832. The third kappa shape index (κ3) is 12.3. The first-order valence-corrected chi connectivity index (χ1v) is 16.3. The van der Waals surface area contributed by atoms with Gasteiger partial charge in [-0.25, -0.2) is 27.3 Å². The van der Waals surface area contributed by atoms with Gasteiger partial charge in [-0.3, -0.25) is 9.78 Å². The number of alkyl halides is 6. The SMILES string of the molecule is CS(=O)(=O)N1CC[C@H](CC(=O)Nc2ccc3cc2CCc2cncc(c2)Nc2ncc(Cl)c(n2)N3)C1.O=C(O)C(F)(F)F.O=C(O)C(F)(F)F. The zero-order valence-corrected chi connectivity index (χ0v) is 27.2. The van der Waals surface area contributed by atoms with E-state index in [1.807, 2.05) is 30.5 Å². The van der Waals surface area contributed by atoms with Crippen molar-refractivity contribution in [1.82, 2.24) is 19.3 Å². The zero-order chi connectivity index (χ0) is 37.4. The van der Waals surface area contributed by atoms with Gasteiger partial charge in [-0.15, -0.1) is 0 Å². The summed E-state index contributed by atoms with van der Waals surface area (Å²) in [4.78, 5) is 43.7. The Hall–Kier alpha value is -4.76. The molecule has 0 spiro atoms. The molecule has 14 nitrogen and oxygen atoms in total. The van der Waals surface area contributed by atoms with Gasteiger partial charge < -0.3 is 26.2 Å². The molecule has 1 saturated heterocycles. The summed E-state index contributed by atoms with van der Waals surface area (Å²) >= 11 is 6.33. The van der Waals surface area contributed by atoms with Crippen molar-refractivity contribution in [1.29, 1.82) is 0 Å². The van der Waals surface area contributed by atoms with Gasteiger partial charge in [0.1, 0.15) is 5.02 Å². The van der Waals surface area contributed by atoms with Crippen LogP contribution in [-0.4, -0.2) is 87.4 Å². The lowest BCUT2D eigenvalue weighted by atomic mass is 10.0.